The molecule has 0 heterocycles. The number of nitrogens with one attached hydrogen (secondary N) is 1. The highest BCUT2D eigenvalue weighted by molar-refractivity contribution is 9.10. The molecular weight excluding hydrogens is 331 g/mol. The van der Waals surface area contributed by atoms with E-state index in [1.165, 1.54) is 17.7 Å². The van der Waals surface area contributed by atoms with Gasteiger partial charge in [-0.1, -0.05) is 40.6 Å². The van der Waals surface area contributed by atoms with Gasteiger partial charge in [0, 0.05) is 4.47 Å². The van der Waals surface area contributed by atoms with Crippen molar-refractivity contribution in [2.24, 2.45) is 0 Å². The Balaban J connectivity index is 2.39. The van der Waals surface area contributed by atoms with Gasteiger partial charge in [-0.2, -0.15) is 13.2 Å². The number of hydrogen-bond donors (Lipinski definition) is 1. The minimum Gasteiger partial charge on any atom is -0.307 e. The Morgan fingerprint density at radius 2 is 2.10 bits per heavy atom. The van der Waals surface area contributed by atoms with Gasteiger partial charge in [0.05, 0.1) is 11.6 Å². The van der Waals surface area contributed by atoms with E-state index >= 15 is 0 Å². The van der Waals surface area contributed by atoms with Crippen molar-refractivity contribution in [2.75, 3.05) is 6.54 Å². The quantitative estimate of drug-likeness (QED) is 0.735. The molecule has 1 atom stereocenters. The first-order valence-electron chi connectivity index (χ1n) is 6.72. The van der Waals surface area contributed by atoms with Crippen molar-refractivity contribution in [3.8, 4) is 0 Å². The number of hydrogen-bond acceptors (Lipinski definition) is 1. The second kappa shape index (κ2) is 6.31. The van der Waals surface area contributed by atoms with Gasteiger partial charge in [-0.3, -0.25) is 0 Å². The summed E-state index contributed by atoms with van der Waals surface area (Å²) in [7, 11) is 0. The third kappa shape index (κ3) is 3.44. The molecule has 1 N–H and O–H groups in total. The maximum atomic E-state index is 13.0. The number of halogens is 4. The van der Waals surface area contributed by atoms with Crippen molar-refractivity contribution in [1.82, 2.24) is 5.32 Å². The Hall–Kier alpha value is -0.810. The van der Waals surface area contributed by atoms with Gasteiger partial charge in [-0.15, -0.1) is 0 Å². The number of benzene rings is 1. The monoisotopic (exact) mass is 347 g/mol. The SMILES string of the molecule is CCNC(C1=CCCC1)c1ccc(Br)c(C(F)(F)F)c1. The molecule has 1 aromatic rings. The lowest BCUT2D eigenvalue weighted by molar-refractivity contribution is -0.138. The topological polar surface area (TPSA) is 12.0 Å². The second-order valence-corrected chi connectivity index (χ2v) is 5.75. The third-order valence-electron chi connectivity index (χ3n) is 3.48. The van der Waals surface area contributed by atoms with Crippen LogP contribution in [0.5, 0.6) is 0 Å². The number of likely N-dealkylation sites (N-methyl/N-ethyl adjacent to an activating group) is 1. The van der Waals surface area contributed by atoms with Gasteiger partial charge in [0.15, 0.2) is 0 Å². The van der Waals surface area contributed by atoms with Crippen molar-refractivity contribution in [2.45, 2.75) is 38.4 Å². The van der Waals surface area contributed by atoms with Crippen LogP contribution in [0, 0.1) is 0 Å². The molecule has 1 aliphatic rings. The van der Waals surface area contributed by atoms with Gasteiger partial charge in [0.25, 0.3) is 0 Å². The van der Waals surface area contributed by atoms with E-state index < -0.39 is 11.7 Å². The molecule has 0 aromatic heterocycles. The summed E-state index contributed by atoms with van der Waals surface area (Å²) in [6, 6.07) is 4.37. The Labute approximate surface area is 125 Å². The fourth-order valence-electron chi connectivity index (χ4n) is 2.56. The average Bonchev–Trinajstić information content (AvgIpc) is 2.89. The molecule has 1 aromatic carbocycles. The maximum absolute atomic E-state index is 13.0. The molecule has 0 fully saturated rings. The molecule has 20 heavy (non-hydrogen) atoms. The van der Waals surface area contributed by atoms with Crippen LogP contribution < -0.4 is 5.32 Å². The van der Waals surface area contributed by atoms with Gasteiger partial charge in [0.1, 0.15) is 0 Å². The summed E-state index contributed by atoms with van der Waals surface area (Å²) in [6.45, 7) is 2.69. The van der Waals surface area contributed by atoms with Gasteiger partial charge >= 0.3 is 6.18 Å². The maximum Gasteiger partial charge on any atom is 0.417 e. The molecule has 0 aliphatic heterocycles. The van der Waals surface area contributed by atoms with Crippen LogP contribution in [0.15, 0.2) is 34.3 Å². The largest absolute Gasteiger partial charge is 0.417 e. The molecule has 5 heteroatoms. The zero-order chi connectivity index (χ0) is 14.8. The zero-order valence-electron chi connectivity index (χ0n) is 11.2. The molecule has 1 unspecified atom stereocenters. The van der Waals surface area contributed by atoms with E-state index in [4.69, 9.17) is 0 Å². The summed E-state index contributed by atoms with van der Waals surface area (Å²) in [6.07, 6.45) is 0.854. The summed E-state index contributed by atoms with van der Waals surface area (Å²) in [5.41, 5.74) is 1.26. The van der Waals surface area contributed by atoms with E-state index in [2.05, 4.69) is 27.3 Å². The Morgan fingerprint density at radius 3 is 2.65 bits per heavy atom. The van der Waals surface area contributed by atoms with E-state index in [-0.39, 0.29) is 10.5 Å². The molecule has 0 spiro atoms. The number of rotatable bonds is 4. The van der Waals surface area contributed by atoms with Crippen LogP contribution in [0.25, 0.3) is 0 Å². The minimum absolute atomic E-state index is 0.0874. The molecule has 1 nitrogen and oxygen atoms in total. The van der Waals surface area contributed by atoms with Crippen molar-refractivity contribution >= 4 is 15.9 Å². The predicted octanol–water partition coefficient (Wildman–Crippen LogP) is 5.23. The fourth-order valence-corrected chi connectivity index (χ4v) is 3.04. The molecular formula is C15H17BrF3N. The fraction of sp³-hybridized carbons (Fsp3) is 0.467. The van der Waals surface area contributed by atoms with E-state index in [0.717, 1.165) is 25.8 Å². The molecule has 1 aliphatic carbocycles. The smallest absolute Gasteiger partial charge is 0.307 e. The van der Waals surface area contributed by atoms with Gasteiger partial charge in [-0.25, -0.2) is 0 Å². The van der Waals surface area contributed by atoms with E-state index in [9.17, 15) is 13.2 Å². The Morgan fingerprint density at radius 1 is 1.35 bits per heavy atom. The normalized spacial score (nSPS) is 17.1. The van der Waals surface area contributed by atoms with Crippen molar-refractivity contribution in [3.63, 3.8) is 0 Å². The van der Waals surface area contributed by atoms with Crippen LogP contribution in [0.2, 0.25) is 0 Å². The van der Waals surface area contributed by atoms with Crippen molar-refractivity contribution in [3.05, 3.63) is 45.4 Å². The number of alkyl halides is 3. The first-order valence-corrected chi connectivity index (χ1v) is 7.51. The third-order valence-corrected chi connectivity index (χ3v) is 4.18. The highest BCUT2D eigenvalue weighted by atomic mass is 79.9. The zero-order valence-corrected chi connectivity index (χ0v) is 12.8. The number of allylic oxidation sites excluding steroid dienone is 1. The highest BCUT2D eigenvalue weighted by Crippen LogP contribution is 2.38. The first kappa shape index (κ1) is 15.6. The molecule has 0 bridgehead atoms. The van der Waals surface area contributed by atoms with Crippen molar-refractivity contribution < 1.29 is 13.2 Å². The highest BCUT2D eigenvalue weighted by Gasteiger charge is 2.34. The second-order valence-electron chi connectivity index (χ2n) is 4.90. The standard InChI is InChI=1S/C15H17BrF3N/c1-2-20-14(10-5-3-4-6-10)11-7-8-13(16)12(9-11)15(17,18)19/h5,7-9,14,20H,2-4,6H2,1H3. The molecule has 0 saturated heterocycles. The van der Waals surface area contributed by atoms with Crippen LogP contribution in [-0.4, -0.2) is 6.54 Å². The van der Waals surface area contributed by atoms with Crippen LogP contribution in [0.4, 0.5) is 13.2 Å². The Kier molecular flexibility index (Phi) is 4.91. The van der Waals surface area contributed by atoms with Gasteiger partial charge in [-0.05, 0) is 43.5 Å². The van der Waals surface area contributed by atoms with Gasteiger partial charge in [0.2, 0.25) is 0 Å². The van der Waals surface area contributed by atoms with E-state index in [0.29, 0.717) is 5.56 Å². The van der Waals surface area contributed by atoms with Crippen LogP contribution in [0.3, 0.4) is 0 Å². The lowest BCUT2D eigenvalue weighted by Gasteiger charge is -2.21. The molecule has 0 saturated carbocycles. The summed E-state index contributed by atoms with van der Waals surface area (Å²) in [5, 5.41) is 3.29. The molecule has 0 radical (unpaired) electrons. The van der Waals surface area contributed by atoms with E-state index in [1.807, 2.05) is 6.92 Å². The first-order chi connectivity index (χ1) is 9.43. The predicted molar refractivity (Wildman–Crippen MR) is 77.5 cm³/mol. The van der Waals surface area contributed by atoms with Gasteiger partial charge < -0.3 is 5.32 Å². The summed E-state index contributed by atoms with van der Waals surface area (Å²) >= 11 is 2.98. The minimum atomic E-state index is -4.34. The lowest BCUT2D eigenvalue weighted by atomic mass is 9.96. The van der Waals surface area contributed by atoms with Crippen LogP contribution in [0.1, 0.15) is 43.4 Å². The van der Waals surface area contributed by atoms with Crippen LogP contribution >= 0.6 is 15.9 Å². The molecule has 0 amide bonds. The van der Waals surface area contributed by atoms with Crippen molar-refractivity contribution in [1.29, 1.82) is 0 Å². The summed E-state index contributed by atoms with van der Waals surface area (Å²) in [4.78, 5) is 0. The lowest BCUT2D eigenvalue weighted by Crippen LogP contribution is -2.23. The molecule has 110 valence electrons. The van der Waals surface area contributed by atoms with Crippen LogP contribution in [-0.2, 0) is 6.18 Å². The average molecular weight is 348 g/mol. The van der Waals surface area contributed by atoms with E-state index in [1.54, 1.807) is 6.07 Å². The summed E-state index contributed by atoms with van der Waals surface area (Å²) in [5.74, 6) is 0. The summed E-state index contributed by atoms with van der Waals surface area (Å²) < 4.78 is 39.1. The Bertz CT molecular complexity index is 508. The molecule has 2 rings (SSSR count).